The molecule has 88 valence electrons. The molecule has 0 radical (unpaired) electrons. The van der Waals surface area contributed by atoms with Gasteiger partial charge in [-0.3, -0.25) is 9.97 Å². The second kappa shape index (κ2) is 5.39. The van der Waals surface area contributed by atoms with Crippen molar-refractivity contribution in [3.63, 3.8) is 0 Å². The molecular weight excluding hydrogens is 200 g/mol. The molecule has 16 heavy (non-hydrogen) atoms. The van der Waals surface area contributed by atoms with Crippen molar-refractivity contribution in [3.8, 4) is 0 Å². The van der Waals surface area contributed by atoms with Crippen molar-refractivity contribution < 1.29 is 5.11 Å². The van der Waals surface area contributed by atoms with E-state index in [0.717, 1.165) is 18.5 Å². The molecule has 0 saturated heterocycles. The van der Waals surface area contributed by atoms with Gasteiger partial charge in [-0.05, 0) is 18.3 Å². The molecule has 0 spiro atoms. The minimum absolute atomic E-state index is 0.371. The summed E-state index contributed by atoms with van der Waals surface area (Å²) >= 11 is 0. The van der Waals surface area contributed by atoms with Gasteiger partial charge >= 0.3 is 0 Å². The number of rotatable bonds is 3. The van der Waals surface area contributed by atoms with Gasteiger partial charge in [-0.2, -0.15) is 0 Å². The molecule has 1 heterocycles. The number of aromatic nitrogens is 2. The molecule has 1 aliphatic rings. The minimum atomic E-state index is -0.432. The van der Waals surface area contributed by atoms with Crippen molar-refractivity contribution >= 4 is 0 Å². The molecule has 1 saturated carbocycles. The van der Waals surface area contributed by atoms with Gasteiger partial charge in [-0.1, -0.05) is 32.6 Å². The molecule has 0 aliphatic heterocycles. The third-order valence-electron chi connectivity index (χ3n) is 3.78. The zero-order chi connectivity index (χ0) is 11.4. The van der Waals surface area contributed by atoms with Crippen molar-refractivity contribution in [1.29, 1.82) is 0 Å². The summed E-state index contributed by atoms with van der Waals surface area (Å²) in [5.74, 6) is 1.02. The first kappa shape index (κ1) is 11.5. The minimum Gasteiger partial charge on any atom is -0.386 e. The largest absolute Gasteiger partial charge is 0.386 e. The van der Waals surface area contributed by atoms with Gasteiger partial charge in [0.05, 0.1) is 11.9 Å². The van der Waals surface area contributed by atoms with Crippen LogP contribution in [0.15, 0.2) is 18.6 Å². The van der Waals surface area contributed by atoms with Crippen LogP contribution >= 0.6 is 0 Å². The van der Waals surface area contributed by atoms with Crippen molar-refractivity contribution in [1.82, 2.24) is 9.97 Å². The number of hydrogen-bond donors (Lipinski definition) is 1. The van der Waals surface area contributed by atoms with Gasteiger partial charge in [-0.15, -0.1) is 0 Å². The molecular formula is C13H20N2O. The average Bonchev–Trinajstić information content (AvgIpc) is 2.39. The Kier molecular flexibility index (Phi) is 3.88. The molecule has 3 unspecified atom stereocenters. The monoisotopic (exact) mass is 220 g/mol. The molecule has 1 aliphatic carbocycles. The molecule has 2 rings (SSSR count). The van der Waals surface area contributed by atoms with Gasteiger partial charge in [0.25, 0.3) is 0 Å². The first-order chi connectivity index (χ1) is 7.83. The van der Waals surface area contributed by atoms with Crippen LogP contribution in [0.25, 0.3) is 0 Å². The first-order valence-electron chi connectivity index (χ1n) is 6.27. The van der Waals surface area contributed by atoms with E-state index in [0.29, 0.717) is 11.8 Å². The van der Waals surface area contributed by atoms with Crippen molar-refractivity contribution in [2.75, 3.05) is 0 Å². The fourth-order valence-corrected chi connectivity index (χ4v) is 2.84. The van der Waals surface area contributed by atoms with Gasteiger partial charge in [0, 0.05) is 12.4 Å². The Bertz CT molecular complexity index is 315. The zero-order valence-electron chi connectivity index (χ0n) is 9.84. The van der Waals surface area contributed by atoms with Crippen LogP contribution in [0, 0.1) is 11.8 Å². The lowest BCUT2D eigenvalue weighted by molar-refractivity contribution is 0.0419. The summed E-state index contributed by atoms with van der Waals surface area (Å²) in [5, 5.41) is 10.3. The van der Waals surface area contributed by atoms with Crippen LogP contribution in [0.1, 0.15) is 50.8 Å². The van der Waals surface area contributed by atoms with Crippen LogP contribution in [0.4, 0.5) is 0 Å². The Morgan fingerprint density at radius 2 is 2.19 bits per heavy atom. The highest BCUT2D eigenvalue weighted by atomic mass is 16.3. The molecule has 1 N–H and O–H groups in total. The quantitative estimate of drug-likeness (QED) is 0.852. The standard InChI is InChI=1S/C13H20N2O/c1-2-10-5-3-4-6-11(10)13(16)12-9-14-7-8-15-12/h7-11,13,16H,2-6H2,1H3. The van der Waals surface area contributed by atoms with E-state index in [1.807, 2.05) is 0 Å². The van der Waals surface area contributed by atoms with E-state index >= 15 is 0 Å². The van der Waals surface area contributed by atoms with E-state index in [9.17, 15) is 5.11 Å². The number of aliphatic hydroxyl groups excluding tert-OH is 1. The van der Waals surface area contributed by atoms with E-state index in [1.165, 1.54) is 19.3 Å². The second-order valence-corrected chi connectivity index (χ2v) is 4.69. The predicted octanol–water partition coefficient (Wildman–Crippen LogP) is 2.73. The van der Waals surface area contributed by atoms with E-state index in [-0.39, 0.29) is 0 Å². The topological polar surface area (TPSA) is 46.0 Å². The summed E-state index contributed by atoms with van der Waals surface area (Å²) in [4.78, 5) is 8.24. The van der Waals surface area contributed by atoms with Gasteiger partial charge in [0.15, 0.2) is 0 Å². The van der Waals surface area contributed by atoms with E-state index < -0.39 is 6.10 Å². The lowest BCUT2D eigenvalue weighted by atomic mass is 9.74. The summed E-state index contributed by atoms with van der Waals surface area (Å²) in [6, 6.07) is 0. The van der Waals surface area contributed by atoms with Crippen molar-refractivity contribution in [2.45, 2.75) is 45.1 Å². The summed E-state index contributed by atoms with van der Waals surface area (Å²) < 4.78 is 0. The van der Waals surface area contributed by atoms with Crippen molar-refractivity contribution in [2.24, 2.45) is 11.8 Å². The van der Waals surface area contributed by atoms with Crippen LogP contribution < -0.4 is 0 Å². The Morgan fingerprint density at radius 3 is 2.88 bits per heavy atom. The van der Waals surface area contributed by atoms with Crippen LogP contribution in [0.3, 0.4) is 0 Å². The molecule has 0 amide bonds. The Morgan fingerprint density at radius 1 is 1.38 bits per heavy atom. The Labute approximate surface area is 96.9 Å². The van der Waals surface area contributed by atoms with E-state index in [4.69, 9.17) is 0 Å². The lowest BCUT2D eigenvalue weighted by Gasteiger charge is -2.33. The highest BCUT2D eigenvalue weighted by molar-refractivity contribution is 5.02. The van der Waals surface area contributed by atoms with Crippen LogP contribution in [0.2, 0.25) is 0 Å². The average molecular weight is 220 g/mol. The van der Waals surface area contributed by atoms with Gasteiger partial charge < -0.3 is 5.11 Å². The number of hydrogen-bond acceptors (Lipinski definition) is 3. The third-order valence-corrected chi connectivity index (χ3v) is 3.78. The van der Waals surface area contributed by atoms with E-state index in [2.05, 4.69) is 16.9 Å². The second-order valence-electron chi connectivity index (χ2n) is 4.69. The fraction of sp³-hybridized carbons (Fsp3) is 0.692. The maximum atomic E-state index is 10.3. The summed E-state index contributed by atoms with van der Waals surface area (Å²) in [5.41, 5.74) is 0.729. The highest BCUT2D eigenvalue weighted by Gasteiger charge is 2.31. The van der Waals surface area contributed by atoms with Crippen LogP contribution in [0.5, 0.6) is 0 Å². The number of nitrogens with zero attached hydrogens (tertiary/aromatic N) is 2. The molecule has 3 atom stereocenters. The fourth-order valence-electron chi connectivity index (χ4n) is 2.84. The van der Waals surface area contributed by atoms with Gasteiger partial charge in [0.1, 0.15) is 6.10 Å². The maximum absolute atomic E-state index is 10.3. The molecule has 1 aromatic rings. The molecule has 1 aromatic heterocycles. The van der Waals surface area contributed by atoms with Gasteiger partial charge in [-0.25, -0.2) is 0 Å². The van der Waals surface area contributed by atoms with Crippen molar-refractivity contribution in [3.05, 3.63) is 24.3 Å². The maximum Gasteiger partial charge on any atom is 0.101 e. The van der Waals surface area contributed by atoms with E-state index in [1.54, 1.807) is 18.6 Å². The Balaban J connectivity index is 2.10. The highest BCUT2D eigenvalue weighted by Crippen LogP contribution is 2.39. The van der Waals surface area contributed by atoms with Crippen LogP contribution in [-0.2, 0) is 0 Å². The SMILES string of the molecule is CCC1CCCCC1C(O)c1cnccn1. The zero-order valence-corrected chi connectivity index (χ0v) is 9.84. The summed E-state index contributed by atoms with van der Waals surface area (Å²) in [6.07, 6.45) is 10.6. The molecule has 3 heteroatoms. The van der Waals surface area contributed by atoms with Crippen LogP contribution in [-0.4, -0.2) is 15.1 Å². The third kappa shape index (κ3) is 2.40. The molecule has 3 nitrogen and oxygen atoms in total. The Hall–Kier alpha value is -0.960. The first-order valence-corrected chi connectivity index (χ1v) is 6.27. The summed E-state index contributed by atoms with van der Waals surface area (Å²) in [6.45, 7) is 2.21. The molecule has 0 aromatic carbocycles. The van der Waals surface area contributed by atoms with Gasteiger partial charge in [0.2, 0.25) is 0 Å². The molecule has 0 bridgehead atoms. The summed E-state index contributed by atoms with van der Waals surface area (Å²) in [7, 11) is 0. The number of aliphatic hydroxyl groups is 1. The lowest BCUT2D eigenvalue weighted by Crippen LogP contribution is -2.25. The normalized spacial score (nSPS) is 27.6. The predicted molar refractivity (Wildman–Crippen MR) is 62.7 cm³/mol. The smallest absolute Gasteiger partial charge is 0.101 e. The molecule has 1 fully saturated rings.